The van der Waals surface area contributed by atoms with E-state index < -0.39 is 39.3 Å². The predicted molar refractivity (Wildman–Crippen MR) is 139 cm³/mol. The Labute approximate surface area is 223 Å². The highest BCUT2D eigenvalue weighted by Gasteiger charge is 2.36. The maximum atomic E-state index is 14.0. The fraction of sp³-hybridized carbons (Fsp3) is 0.0667. The number of carbonyl (C=O) groups is 1. The van der Waals surface area contributed by atoms with E-state index in [4.69, 9.17) is 9.15 Å². The number of ether oxygens (including phenoxy) is 1. The summed E-state index contributed by atoms with van der Waals surface area (Å²) in [5.41, 5.74) is 0.952. The maximum absolute atomic E-state index is 14.0. The van der Waals surface area contributed by atoms with Gasteiger partial charge in [-0.25, -0.2) is 27.0 Å². The van der Waals surface area contributed by atoms with Gasteiger partial charge < -0.3 is 9.15 Å². The second-order valence-corrected chi connectivity index (χ2v) is 10.6. The van der Waals surface area contributed by atoms with Gasteiger partial charge in [0.2, 0.25) is 5.89 Å². The van der Waals surface area contributed by atoms with Gasteiger partial charge >= 0.3 is 5.97 Å². The molecule has 0 spiro atoms. The fourth-order valence-electron chi connectivity index (χ4n) is 4.05. The molecule has 6 nitrogen and oxygen atoms in total. The van der Waals surface area contributed by atoms with Crippen LogP contribution in [0.25, 0.3) is 11.5 Å². The topological polar surface area (TPSA) is 86.5 Å². The summed E-state index contributed by atoms with van der Waals surface area (Å²) in [5, 5.41) is -1.31. The zero-order valence-electron chi connectivity index (χ0n) is 20.3. The Bertz CT molecular complexity index is 1690. The van der Waals surface area contributed by atoms with Gasteiger partial charge in [-0.1, -0.05) is 48.5 Å². The molecule has 0 saturated carbocycles. The molecule has 39 heavy (non-hydrogen) atoms. The number of halogens is 2. The van der Waals surface area contributed by atoms with Crippen LogP contribution < -0.4 is 0 Å². The van der Waals surface area contributed by atoms with Gasteiger partial charge in [0.15, 0.2) is 22.2 Å². The molecule has 0 fully saturated rings. The minimum atomic E-state index is -4.07. The summed E-state index contributed by atoms with van der Waals surface area (Å²) < 4.78 is 66.2. The smallest absolute Gasteiger partial charge is 0.338 e. The van der Waals surface area contributed by atoms with Gasteiger partial charge in [0.25, 0.3) is 0 Å². The van der Waals surface area contributed by atoms with Crippen LogP contribution >= 0.6 is 0 Å². The standard InChI is InChI=1S/C30H21F2NO5S/c31-23-15-11-21(12-16-23)29-33-27(26(38-29)19-37-30(34)22-13-17-24(32)18-14-22)28(20-7-3-1-4-8-20)39(35,36)25-9-5-2-6-10-25/h1-18,28H,19H2. The van der Waals surface area contributed by atoms with E-state index in [0.717, 1.165) is 12.1 Å². The van der Waals surface area contributed by atoms with E-state index in [9.17, 15) is 22.0 Å². The van der Waals surface area contributed by atoms with Gasteiger partial charge in [-0.15, -0.1) is 0 Å². The largest absolute Gasteiger partial charge is 0.454 e. The van der Waals surface area contributed by atoms with Gasteiger partial charge in [-0.3, -0.25) is 0 Å². The lowest BCUT2D eigenvalue weighted by molar-refractivity contribution is 0.0445. The molecular formula is C30H21F2NO5S. The summed E-state index contributed by atoms with van der Waals surface area (Å²) >= 11 is 0. The molecule has 0 aliphatic heterocycles. The van der Waals surface area contributed by atoms with Crippen molar-refractivity contribution >= 4 is 15.8 Å². The summed E-state index contributed by atoms with van der Waals surface area (Å²) in [5.74, 6) is -1.71. The number of rotatable bonds is 8. The zero-order valence-corrected chi connectivity index (χ0v) is 21.1. The Morgan fingerprint density at radius 1 is 0.795 bits per heavy atom. The molecule has 5 rings (SSSR count). The Balaban J connectivity index is 1.61. The van der Waals surface area contributed by atoms with E-state index in [-0.39, 0.29) is 27.8 Å². The first kappa shape index (κ1) is 26.0. The van der Waals surface area contributed by atoms with Crippen molar-refractivity contribution in [2.45, 2.75) is 16.8 Å². The summed E-state index contributed by atoms with van der Waals surface area (Å²) in [6.45, 7) is -0.451. The van der Waals surface area contributed by atoms with Crippen LogP contribution in [0.1, 0.15) is 32.6 Å². The number of oxazole rings is 1. The van der Waals surface area contributed by atoms with Gasteiger partial charge in [0, 0.05) is 5.56 Å². The average molecular weight is 546 g/mol. The number of aromatic nitrogens is 1. The van der Waals surface area contributed by atoms with Gasteiger partial charge in [-0.05, 0) is 66.2 Å². The minimum Gasteiger partial charge on any atom is -0.454 e. The third-order valence-electron chi connectivity index (χ3n) is 5.97. The molecule has 1 heterocycles. The van der Waals surface area contributed by atoms with Crippen LogP contribution in [0, 0.1) is 11.6 Å². The summed E-state index contributed by atoms with van der Waals surface area (Å²) in [4.78, 5) is 17.2. The third-order valence-corrected chi connectivity index (χ3v) is 8.01. The molecule has 0 aliphatic carbocycles. The van der Waals surface area contributed by atoms with E-state index in [1.54, 1.807) is 48.5 Å². The number of benzene rings is 4. The lowest BCUT2D eigenvalue weighted by Gasteiger charge is -2.17. The Hall–Kier alpha value is -4.63. The monoisotopic (exact) mass is 545 g/mol. The van der Waals surface area contributed by atoms with E-state index in [1.807, 2.05) is 0 Å². The van der Waals surface area contributed by atoms with Crippen molar-refractivity contribution in [2.24, 2.45) is 0 Å². The predicted octanol–water partition coefficient (Wildman–Crippen LogP) is 6.54. The Morgan fingerprint density at radius 2 is 1.36 bits per heavy atom. The quantitative estimate of drug-likeness (QED) is 0.206. The lowest BCUT2D eigenvalue weighted by Crippen LogP contribution is -2.18. The van der Waals surface area contributed by atoms with Crippen LogP contribution in [0.4, 0.5) is 8.78 Å². The summed E-state index contributed by atoms with van der Waals surface area (Å²) in [7, 11) is -4.07. The van der Waals surface area contributed by atoms with Crippen molar-refractivity contribution in [1.29, 1.82) is 0 Å². The fourth-order valence-corrected chi connectivity index (χ4v) is 5.85. The molecule has 4 aromatic carbocycles. The number of hydrogen-bond acceptors (Lipinski definition) is 6. The zero-order chi connectivity index (χ0) is 27.4. The van der Waals surface area contributed by atoms with Crippen LogP contribution in [0.2, 0.25) is 0 Å². The second-order valence-electron chi connectivity index (χ2n) is 8.57. The number of esters is 1. The van der Waals surface area contributed by atoms with Gasteiger partial charge in [0.05, 0.1) is 10.5 Å². The molecule has 0 bridgehead atoms. The SMILES string of the molecule is O=C(OCc1oc(-c2ccc(F)cc2)nc1C(c1ccccc1)S(=O)(=O)c1ccccc1)c1ccc(F)cc1. The van der Waals surface area contributed by atoms with Gasteiger partial charge in [-0.2, -0.15) is 0 Å². The Morgan fingerprint density at radius 3 is 1.97 bits per heavy atom. The first-order chi connectivity index (χ1) is 18.8. The molecule has 5 aromatic rings. The van der Waals surface area contributed by atoms with Crippen molar-refractivity contribution in [3.05, 3.63) is 143 Å². The Kier molecular flexibility index (Phi) is 7.33. The van der Waals surface area contributed by atoms with Crippen molar-refractivity contribution in [3.8, 4) is 11.5 Å². The van der Waals surface area contributed by atoms with Gasteiger partial charge in [0.1, 0.15) is 22.6 Å². The average Bonchev–Trinajstić information content (AvgIpc) is 3.37. The van der Waals surface area contributed by atoms with Crippen LogP contribution in [0.15, 0.2) is 119 Å². The highest BCUT2D eigenvalue weighted by Crippen LogP contribution is 2.38. The third kappa shape index (κ3) is 5.63. The summed E-state index contributed by atoms with van der Waals surface area (Å²) in [6, 6.07) is 26.5. The molecule has 1 aromatic heterocycles. The van der Waals surface area contributed by atoms with E-state index >= 15 is 0 Å². The first-order valence-corrected chi connectivity index (χ1v) is 13.4. The highest BCUT2D eigenvalue weighted by molar-refractivity contribution is 7.91. The molecule has 0 radical (unpaired) electrons. The first-order valence-electron chi connectivity index (χ1n) is 11.8. The molecule has 0 aliphatic rings. The van der Waals surface area contributed by atoms with Crippen LogP contribution in [-0.2, 0) is 21.2 Å². The van der Waals surface area contributed by atoms with Crippen LogP contribution in [-0.4, -0.2) is 19.4 Å². The van der Waals surface area contributed by atoms with Crippen LogP contribution in [0.3, 0.4) is 0 Å². The number of nitrogens with zero attached hydrogens (tertiary/aromatic N) is 1. The van der Waals surface area contributed by atoms with Crippen molar-refractivity contribution in [1.82, 2.24) is 4.98 Å². The number of sulfone groups is 1. The molecule has 0 saturated heterocycles. The minimum absolute atomic E-state index is 0.00172. The van der Waals surface area contributed by atoms with E-state index in [2.05, 4.69) is 4.98 Å². The second kappa shape index (κ2) is 11.0. The lowest BCUT2D eigenvalue weighted by atomic mass is 10.1. The van der Waals surface area contributed by atoms with Crippen molar-refractivity contribution < 1.29 is 31.1 Å². The highest BCUT2D eigenvalue weighted by atomic mass is 32.2. The normalized spacial score (nSPS) is 12.2. The van der Waals surface area contributed by atoms with Crippen molar-refractivity contribution in [2.75, 3.05) is 0 Å². The van der Waals surface area contributed by atoms with E-state index in [0.29, 0.717) is 11.1 Å². The molecule has 196 valence electrons. The van der Waals surface area contributed by atoms with Crippen molar-refractivity contribution in [3.63, 3.8) is 0 Å². The summed E-state index contributed by atoms with van der Waals surface area (Å²) in [6.07, 6.45) is 0. The molecule has 1 unspecified atom stereocenters. The maximum Gasteiger partial charge on any atom is 0.338 e. The molecule has 0 N–H and O–H groups in total. The molecule has 0 amide bonds. The molecular weight excluding hydrogens is 524 g/mol. The number of hydrogen-bond donors (Lipinski definition) is 0. The van der Waals surface area contributed by atoms with E-state index in [1.165, 1.54) is 48.5 Å². The number of carbonyl (C=O) groups excluding carboxylic acids is 1. The molecule has 9 heteroatoms. The van der Waals surface area contributed by atoms with Crippen LogP contribution in [0.5, 0.6) is 0 Å². The molecule has 1 atom stereocenters.